The van der Waals surface area contributed by atoms with E-state index in [4.69, 9.17) is 0 Å². The maximum absolute atomic E-state index is 13.3. The van der Waals surface area contributed by atoms with Gasteiger partial charge in [0.25, 0.3) is 0 Å². The minimum atomic E-state index is -6.72. The van der Waals surface area contributed by atoms with E-state index in [9.17, 15) is 43.9 Å². The number of rotatable bonds is 5. The van der Waals surface area contributed by atoms with Crippen LogP contribution >= 0.6 is 0 Å². The van der Waals surface area contributed by atoms with Gasteiger partial charge < -0.3 is 0 Å². The molecule has 0 aromatic heterocycles. The first-order valence-electron chi connectivity index (χ1n) is 7.77. The fourth-order valence-electron chi connectivity index (χ4n) is 4.23. The smallest absolute Gasteiger partial charge is 0.267 e. The predicted octanol–water partition coefficient (Wildman–Crippen LogP) is 3.48. The van der Waals surface area contributed by atoms with Gasteiger partial charge in [-0.25, -0.2) is 13.1 Å². The second-order valence-electron chi connectivity index (χ2n) is 7.61. The molecule has 2 aliphatic rings. The van der Waals surface area contributed by atoms with Crippen molar-refractivity contribution in [2.75, 3.05) is 5.75 Å². The van der Waals surface area contributed by atoms with E-state index in [1.54, 1.807) is 13.8 Å². The number of amides is 1. The molecule has 0 atom stereocenters. The molecule has 0 unspecified atom stereocenters. The molecule has 1 amide bonds. The molecule has 0 aromatic rings. The number of carbonyl (C=O) groups excluding carboxylic acids is 1. The minimum absolute atomic E-state index is 0.199. The molecule has 2 saturated carbocycles. The predicted molar refractivity (Wildman–Crippen MR) is 76.1 cm³/mol. The van der Waals surface area contributed by atoms with Gasteiger partial charge in [-0.1, -0.05) is 13.8 Å². The number of nitrogens with one attached hydrogen (secondary N) is 1. The van der Waals surface area contributed by atoms with Crippen LogP contribution in [0.25, 0.3) is 0 Å². The van der Waals surface area contributed by atoms with Crippen molar-refractivity contribution in [3.63, 3.8) is 0 Å². The highest BCUT2D eigenvalue weighted by Crippen LogP contribution is 2.66. The van der Waals surface area contributed by atoms with Crippen molar-refractivity contribution in [2.24, 2.45) is 16.7 Å². The Morgan fingerprint density at radius 1 is 1.04 bits per heavy atom. The molecule has 26 heavy (non-hydrogen) atoms. The standard InChI is InChI=1S/C14H18F7NO3S/c1-10(2)8-3-5-11(10,6-4-8)7-26(24,25)22-9(23)12(15,16)13(17,18)14(19,20)21/h8H,3-7H2,1-2H3,(H,22,23). The first-order valence-corrected chi connectivity index (χ1v) is 9.42. The van der Waals surface area contributed by atoms with E-state index in [1.807, 2.05) is 0 Å². The number of halogens is 7. The minimum Gasteiger partial charge on any atom is -0.267 e. The lowest BCUT2D eigenvalue weighted by Crippen LogP contribution is -2.60. The van der Waals surface area contributed by atoms with Crippen molar-refractivity contribution < 1.29 is 43.9 Å². The summed E-state index contributed by atoms with van der Waals surface area (Å²) in [5.74, 6) is -16.8. The molecule has 2 fully saturated rings. The monoisotopic (exact) mass is 413 g/mol. The lowest BCUT2D eigenvalue weighted by Gasteiger charge is -2.38. The summed E-state index contributed by atoms with van der Waals surface area (Å²) in [6, 6.07) is 0. The lowest BCUT2D eigenvalue weighted by atomic mass is 9.71. The molecule has 4 nitrogen and oxygen atoms in total. The van der Waals surface area contributed by atoms with E-state index >= 15 is 0 Å². The van der Waals surface area contributed by atoms with Crippen molar-refractivity contribution in [1.29, 1.82) is 0 Å². The van der Waals surface area contributed by atoms with Crippen LogP contribution in [-0.4, -0.2) is 38.1 Å². The Kier molecular flexibility index (Phi) is 4.67. The molecule has 2 bridgehead atoms. The molecule has 152 valence electrons. The Hall–Kier alpha value is -1.07. The average Bonchev–Trinajstić information content (AvgIpc) is 2.80. The second kappa shape index (κ2) is 5.71. The zero-order valence-electron chi connectivity index (χ0n) is 13.9. The molecule has 12 heteroatoms. The van der Waals surface area contributed by atoms with Crippen LogP contribution in [0.5, 0.6) is 0 Å². The molecule has 2 rings (SSSR count). The first kappa shape index (κ1) is 21.2. The summed E-state index contributed by atoms with van der Waals surface area (Å²) in [6.07, 6.45) is -4.45. The number of fused-ring (bicyclic) bond motifs is 2. The topological polar surface area (TPSA) is 63.2 Å². The van der Waals surface area contributed by atoms with Gasteiger partial charge >= 0.3 is 23.9 Å². The van der Waals surface area contributed by atoms with E-state index in [0.29, 0.717) is 25.7 Å². The van der Waals surface area contributed by atoms with Crippen LogP contribution in [0.15, 0.2) is 0 Å². The first-order chi connectivity index (χ1) is 11.4. The maximum atomic E-state index is 13.3. The van der Waals surface area contributed by atoms with Crippen LogP contribution in [0, 0.1) is 16.7 Å². The summed E-state index contributed by atoms with van der Waals surface area (Å²) in [5.41, 5.74) is -1.32. The highest BCUT2D eigenvalue weighted by atomic mass is 32.2. The molecule has 0 aromatic carbocycles. The van der Waals surface area contributed by atoms with Gasteiger partial charge in [0.1, 0.15) is 0 Å². The highest BCUT2D eigenvalue weighted by Gasteiger charge is 2.76. The van der Waals surface area contributed by atoms with Crippen molar-refractivity contribution in [1.82, 2.24) is 4.72 Å². The van der Waals surface area contributed by atoms with E-state index < -0.39 is 50.5 Å². The van der Waals surface area contributed by atoms with Crippen molar-refractivity contribution in [3.8, 4) is 0 Å². The molecule has 0 aliphatic heterocycles. The van der Waals surface area contributed by atoms with Gasteiger partial charge in [-0.2, -0.15) is 30.7 Å². The zero-order chi connectivity index (χ0) is 20.4. The summed E-state index contributed by atoms with van der Waals surface area (Å²) in [7, 11) is -4.85. The SMILES string of the molecule is CC1(C)C2CCC1(CS(=O)(=O)NC(=O)C(F)(F)C(F)(F)C(F)(F)F)CC2. The van der Waals surface area contributed by atoms with Gasteiger partial charge in [0, 0.05) is 0 Å². The molecule has 0 spiro atoms. The van der Waals surface area contributed by atoms with Gasteiger partial charge in [-0.15, -0.1) is 0 Å². The average molecular weight is 413 g/mol. The summed E-state index contributed by atoms with van der Waals surface area (Å²) in [4.78, 5) is 11.3. The number of alkyl halides is 7. The van der Waals surface area contributed by atoms with E-state index in [1.165, 1.54) is 0 Å². The molecule has 0 radical (unpaired) electrons. The molecule has 1 N–H and O–H groups in total. The third kappa shape index (κ3) is 2.97. The Labute approximate surface area is 145 Å². The van der Waals surface area contributed by atoms with E-state index in [0.717, 1.165) is 4.72 Å². The van der Waals surface area contributed by atoms with Crippen molar-refractivity contribution in [3.05, 3.63) is 0 Å². The molecule has 0 saturated heterocycles. The fraction of sp³-hybridized carbons (Fsp3) is 0.929. The summed E-state index contributed by atoms with van der Waals surface area (Å²) >= 11 is 0. The van der Waals surface area contributed by atoms with Gasteiger partial charge in [0.15, 0.2) is 0 Å². The Morgan fingerprint density at radius 3 is 1.85 bits per heavy atom. The summed E-state index contributed by atoms with van der Waals surface area (Å²) in [6.45, 7) is 3.59. The van der Waals surface area contributed by atoms with Gasteiger partial charge in [0.2, 0.25) is 10.0 Å². The largest absolute Gasteiger partial charge is 0.460 e. The zero-order valence-corrected chi connectivity index (χ0v) is 14.7. The third-order valence-electron chi connectivity index (χ3n) is 6.08. The van der Waals surface area contributed by atoms with E-state index in [2.05, 4.69) is 0 Å². The van der Waals surface area contributed by atoms with Gasteiger partial charge in [-0.05, 0) is 42.4 Å². The normalized spacial score (nSPS) is 29.0. The molecule has 0 heterocycles. The Bertz CT molecular complexity index is 692. The molecular weight excluding hydrogens is 395 g/mol. The van der Waals surface area contributed by atoms with Gasteiger partial charge in [0.05, 0.1) is 5.75 Å². The Balaban J connectivity index is 2.21. The molecular formula is C14H18F7NO3S. The lowest BCUT2D eigenvalue weighted by molar-refractivity contribution is -0.343. The van der Waals surface area contributed by atoms with Gasteiger partial charge in [-0.3, -0.25) is 4.79 Å². The fourth-order valence-corrected chi connectivity index (χ4v) is 6.10. The quantitative estimate of drug-likeness (QED) is 0.702. The van der Waals surface area contributed by atoms with Crippen LogP contribution in [0.1, 0.15) is 39.5 Å². The van der Waals surface area contributed by atoms with Crippen LogP contribution in [0.4, 0.5) is 30.7 Å². The van der Waals surface area contributed by atoms with Crippen LogP contribution < -0.4 is 4.72 Å². The van der Waals surface area contributed by atoms with Crippen LogP contribution in [0.3, 0.4) is 0 Å². The molecule has 2 aliphatic carbocycles. The highest BCUT2D eigenvalue weighted by molar-refractivity contribution is 7.90. The van der Waals surface area contributed by atoms with E-state index in [-0.39, 0.29) is 5.92 Å². The maximum Gasteiger partial charge on any atom is 0.460 e. The van der Waals surface area contributed by atoms with Crippen molar-refractivity contribution >= 4 is 15.9 Å². The van der Waals surface area contributed by atoms with Crippen molar-refractivity contribution in [2.45, 2.75) is 57.6 Å². The third-order valence-corrected chi connectivity index (χ3v) is 7.51. The number of hydrogen-bond donors (Lipinski definition) is 1. The summed E-state index contributed by atoms with van der Waals surface area (Å²) < 4.78 is 114. The number of carbonyl (C=O) groups is 1. The van der Waals surface area contributed by atoms with Crippen LogP contribution in [-0.2, 0) is 14.8 Å². The summed E-state index contributed by atoms with van der Waals surface area (Å²) in [5, 5.41) is 0. The van der Waals surface area contributed by atoms with Crippen LogP contribution in [0.2, 0.25) is 0 Å². The second-order valence-corrected chi connectivity index (χ2v) is 9.34. The number of sulfonamides is 1. The number of hydrogen-bond acceptors (Lipinski definition) is 3. The Morgan fingerprint density at radius 2 is 1.50 bits per heavy atom.